The molecular formula is C13H14BrClINO2. The van der Waals surface area contributed by atoms with Gasteiger partial charge in [-0.3, -0.25) is 4.79 Å². The van der Waals surface area contributed by atoms with E-state index < -0.39 is 0 Å². The number of ether oxygens (including phenoxy) is 1. The standard InChI is InChI=1S/C13H14BrClINO2/c1-8-7-19-10(5-14)6-17(8)13(18)9-2-3-12(16)11(15)4-9/h2-4,8,10H,5-7H2,1H3. The second kappa shape index (κ2) is 6.74. The summed E-state index contributed by atoms with van der Waals surface area (Å²) in [7, 11) is 0. The van der Waals surface area contributed by atoms with Crippen molar-refractivity contribution < 1.29 is 9.53 Å². The lowest BCUT2D eigenvalue weighted by Crippen LogP contribution is -2.51. The van der Waals surface area contributed by atoms with E-state index in [2.05, 4.69) is 38.5 Å². The number of nitrogens with zero attached hydrogens (tertiary/aromatic N) is 1. The Balaban J connectivity index is 2.19. The summed E-state index contributed by atoms with van der Waals surface area (Å²) in [6.45, 7) is 3.17. The van der Waals surface area contributed by atoms with Gasteiger partial charge >= 0.3 is 0 Å². The lowest BCUT2D eigenvalue weighted by molar-refractivity contribution is -0.0361. The van der Waals surface area contributed by atoms with Gasteiger partial charge in [-0.15, -0.1) is 0 Å². The molecule has 1 aromatic rings. The molecule has 0 N–H and O–H groups in total. The minimum Gasteiger partial charge on any atom is -0.373 e. The summed E-state index contributed by atoms with van der Waals surface area (Å²) in [5.74, 6) is 0.0139. The highest BCUT2D eigenvalue weighted by atomic mass is 127. The number of hydrogen-bond acceptors (Lipinski definition) is 2. The van der Waals surface area contributed by atoms with Gasteiger partial charge in [-0.05, 0) is 47.7 Å². The summed E-state index contributed by atoms with van der Waals surface area (Å²) in [5.41, 5.74) is 0.632. The van der Waals surface area contributed by atoms with E-state index in [1.165, 1.54) is 0 Å². The molecule has 1 heterocycles. The predicted molar refractivity (Wildman–Crippen MR) is 88.2 cm³/mol. The minimum atomic E-state index is 0.0139. The van der Waals surface area contributed by atoms with Crippen LogP contribution in [0.3, 0.4) is 0 Å². The molecule has 104 valence electrons. The largest absolute Gasteiger partial charge is 0.373 e. The minimum absolute atomic E-state index is 0.0139. The van der Waals surface area contributed by atoms with Crippen LogP contribution >= 0.6 is 50.1 Å². The highest BCUT2D eigenvalue weighted by molar-refractivity contribution is 14.1. The molecule has 1 aromatic carbocycles. The molecule has 0 aliphatic carbocycles. The van der Waals surface area contributed by atoms with Crippen molar-refractivity contribution in [2.45, 2.75) is 19.1 Å². The summed E-state index contributed by atoms with van der Waals surface area (Å²) in [6.07, 6.45) is 0.0551. The van der Waals surface area contributed by atoms with E-state index in [1.54, 1.807) is 6.07 Å². The maximum absolute atomic E-state index is 12.5. The summed E-state index contributed by atoms with van der Waals surface area (Å²) in [6, 6.07) is 5.50. The lowest BCUT2D eigenvalue weighted by atomic mass is 10.1. The molecule has 1 saturated heterocycles. The monoisotopic (exact) mass is 457 g/mol. The van der Waals surface area contributed by atoms with E-state index in [1.807, 2.05) is 24.0 Å². The predicted octanol–water partition coefficient (Wildman–Crippen LogP) is 3.57. The highest BCUT2D eigenvalue weighted by Crippen LogP contribution is 2.22. The van der Waals surface area contributed by atoms with E-state index in [-0.39, 0.29) is 18.1 Å². The molecule has 1 amide bonds. The zero-order valence-electron chi connectivity index (χ0n) is 10.4. The zero-order valence-corrected chi connectivity index (χ0v) is 14.9. The molecule has 1 aliphatic heterocycles. The highest BCUT2D eigenvalue weighted by Gasteiger charge is 2.29. The van der Waals surface area contributed by atoms with E-state index in [9.17, 15) is 4.79 Å². The number of alkyl halides is 1. The van der Waals surface area contributed by atoms with Gasteiger partial charge in [-0.25, -0.2) is 0 Å². The average molecular weight is 459 g/mol. The SMILES string of the molecule is CC1COC(CBr)CN1C(=O)c1ccc(I)c(Cl)c1. The van der Waals surface area contributed by atoms with Crippen LogP contribution in [0.1, 0.15) is 17.3 Å². The fourth-order valence-corrected chi connectivity index (χ4v) is 2.90. The number of carbonyl (C=O) groups excluding carboxylic acids is 1. The third-order valence-corrected chi connectivity index (χ3v) is 5.40. The second-order valence-electron chi connectivity index (χ2n) is 4.55. The number of benzene rings is 1. The topological polar surface area (TPSA) is 29.5 Å². The molecule has 2 rings (SSSR count). The normalized spacial score (nSPS) is 23.5. The third-order valence-electron chi connectivity index (χ3n) is 3.11. The van der Waals surface area contributed by atoms with E-state index in [4.69, 9.17) is 16.3 Å². The van der Waals surface area contributed by atoms with E-state index in [0.29, 0.717) is 23.7 Å². The molecule has 6 heteroatoms. The van der Waals surface area contributed by atoms with Crippen molar-refractivity contribution >= 4 is 56.0 Å². The van der Waals surface area contributed by atoms with Crippen molar-refractivity contribution in [2.24, 2.45) is 0 Å². The number of amides is 1. The first-order valence-corrected chi connectivity index (χ1v) is 8.54. The molecule has 2 unspecified atom stereocenters. The molecule has 0 bridgehead atoms. The Morgan fingerprint density at radius 3 is 3.00 bits per heavy atom. The maximum atomic E-state index is 12.5. The Hall–Kier alpha value is 0.150. The van der Waals surface area contributed by atoms with Gasteiger partial charge < -0.3 is 9.64 Å². The Bertz CT molecular complexity index is 486. The molecule has 2 atom stereocenters. The molecule has 19 heavy (non-hydrogen) atoms. The molecule has 1 aliphatic rings. The van der Waals surface area contributed by atoms with Crippen molar-refractivity contribution in [1.82, 2.24) is 4.90 Å². The van der Waals surface area contributed by atoms with E-state index >= 15 is 0 Å². The van der Waals surface area contributed by atoms with Gasteiger partial charge in [-0.2, -0.15) is 0 Å². The van der Waals surface area contributed by atoms with Crippen LogP contribution in [-0.2, 0) is 4.74 Å². The molecule has 0 radical (unpaired) electrons. The number of morpholine rings is 1. The summed E-state index contributed by atoms with van der Waals surface area (Å²) >= 11 is 11.6. The quantitative estimate of drug-likeness (QED) is 0.501. The molecule has 3 nitrogen and oxygen atoms in total. The third kappa shape index (κ3) is 3.62. The summed E-state index contributed by atoms with van der Waals surface area (Å²) in [4.78, 5) is 14.4. The van der Waals surface area contributed by atoms with Gasteiger partial charge in [-0.1, -0.05) is 27.5 Å². The van der Waals surface area contributed by atoms with Crippen LogP contribution in [-0.4, -0.2) is 41.4 Å². The van der Waals surface area contributed by atoms with Crippen LogP contribution in [0.2, 0.25) is 5.02 Å². The van der Waals surface area contributed by atoms with Gasteiger partial charge in [0, 0.05) is 21.0 Å². The Morgan fingerprint density at radius 1 is 1.63 bits per heavy atom. The zero-order chi connectivity index (χ0) is 14.0. The number of rotatable bonds is 2. The van der Waals surface area contributed by atoms with Crippen molar-refractivity contribution in [3.63, 3.8) is 0 Å². The van der Waals surface area contributed by atoms with Crippen LogP contribution < -0.4 is 0 Å². The number of carbonyl (C=O) groups is 1. The second-order valence-corrected chi connectivity index (χ2v) is 6.76. The first-order chi connectivity index (χ1) is 9.02. The molecule has 1 fully saturated rings. The Morgan fingerprint density at radius 2 is 2.37 bits per heavy atom. The van der Waals surface area contributed by atoms with Crippen LogP contribution in [0.5, 0.6) is 0 Å². The lowest BCUT2D eigenvalue weighted by Gasteiger charge is -2.37. The van der Waals surface area contributed by atoms with Crippen LogP contribution in [0.25, 0.3) is 0 Å². The van der Waals surface area contributed by atoms with Gasteiger partial charge in [0.25, 0.3) is 5.91 Å². The Kier molecular flexibility index (Phi) is 5.51. The van der Waals surface area contributed by atoms with Crippen LogP contribution in [0, 0.1) is 3.57 Å². The van der Waals surface area contributed by atoms with Crippen LogP contribution in [0.15, 0.2) is 18.2 Å². The Labute approximate surface area is 139 Å². The fraction of sp³-hybridized carbons (Fsp3) is 0.462. The summed E-state index contributed by atoms with van der Waals surface area (Å²) in [5, 5.41) is 1.35. The number of hydrogen-bond donors (Lipinski definition) is 0. The van der Waals surface area contributed by atoms with Crippen molar-refractivity contribution in [3.05, 3.63) is 32.4 Å². The van der Waals surface area contributed by atoms with Crippen molar-refractivity contribution in [1.29, 1.82) is 0 Å². The first kappa shape index (κ1) is 15.5. The van der Waals surface area contributed by atoms with Gasteiger partial charge in [0.2, 0.25) is 0 Å². The molecular weight excluding hydrogens is 444 g/mol. The molecule has 0 spiro atoms. The van der Waals surface area contributed by atoms with E-state index in [0.717, 1.165) is 8.90 Å². The van der Waals surface area contributed by atoms with Crippen molar-refractivity contribution in [2.75, 3.05) is 18.5 Å². The van der Waals surface area contributed by atoms with Gasteiger partial charge in [0.15, 0.2) is 0 Å². The molecule has 0 saturated carbocycles. The van der Waals surface area contributed by atoms with Gasteiger partial charge in [0.05, 0.1) is 23.8 Å². The van der Waals surface area contributed by atoms with Crippen molar-refractivity contribution in [3.8, 4) is 0 Å². The molecule has 0 aromatic heterocycles. The maximum Gasteiger partial charge on any atom is 0.254 e. The van der Waals surface area contributed by atoms with Crippen LogP contribution in [0.4, 0.5) is 0 Å². The smallest absolute Gasteiger partial charge is 0.254 e. The summed E-state index contributed by atoms with van der Waals surface area (Å²) < 4.78 is 6.58. The van der Waals surface area contributed by atoms with Gasteiger partial charge in [0.1, 0.15) is 0 Å². The first-order valence-electron chi connectivity index (χ1n) is 5.96. The average Bonchev–Trinajstić information content (AvgIpc) is 2.41. The number of halogens is 3. The fourth-order valence-electron chi connectivity index (χ4n) is 1.99.